The van der Waals surface area contributed by atoms with Crippen molar-refractivity contribution in [2.24, 2.45) is 5.92 Å². The zero-order valence-corrected chi connectivity index (χ0v) is 12.7. The number of hydrogen-bond donors (Lipinski definition) is 1. The van der Waals surface area contributed by atoms with Crippen LogP contribution in [0.3, 0.4) is 0 Å². The number of anilines is 1. The Hall–Kier alpha value is -1.02. The Morgan fingerprint density at radius 3 is 2.89 bits per heavy atom. The van der Waals surface area contributed by atoms with Crippen LogP contribution in [-0.4, -0.2) is 26.2 Å². The lowest BCUT2D eigenvalue weighted by molar-refractivity contribution is 0.388. The number of nitrogens with one attached hydrogen (secondary N) is 1. The molecule has 2 heteroatoms. The van der Waals surface area contributed by atoms with Gasteiger partial charge in [-0.25, -0.2) is 0 Å². The fourth-order valence-corrected chi connectivity index (χ4v) is 3.27. The predicted molar refractivity (Wildman–Crippen MR) is 83.9 cm³/mol. The minimum absolute atomic E-state index is 0.760. The number of rotatable bonds is 6. The van der Waals surface area contributed by atoms with Crippen LogP contribution >= 0.6 is 0 Å². The van der Waals surface area contributed by atoms with Gasteiger partial charge >= 0.3 is 0 Å². The van der Waals surface area contributed by atoms with Crippen LogP contribution in [0, 0.1) is 12.8 Å². The second-order valence-electron chi connectivity index (χ2n) is 5.90. The Bertz CT molecular complexity index is 389. The van der Waals surface area contributed by atoms with Gasteiger partial charge in [0.2, 0.25) is 0 Å². The summed E-state index contributed by atoms with van der Waals surface area (Å²) in [6.45, 7) is 6.65. The monoisotopic (exact) mass is 260 g/mol. The molecule has 1 aliphatic carbocycles. The fraction of sp³-hybridized carbons (Fsp3) is 0.647. The SMILES string of the molecule is CCNC1CCCC1CCN(C)c1cccc(C)c1. The molecule has 0 bridgehead atoms. The van der Waals surface area contributed by atoms with Crippen LogP contribution in [0.25, 0.3) is 0 Å². The summed E-state index contributed by atoms with van der Waals surface area (Å²) in [7, 11) is 2.21. The van der Waals surface area contributed by atoms with Crippen molar-refractivity contribution in [3.05, 3.63) is 29.8 Å². The van der Waals surface area contributed by atoms with Crippen molar-refractivity contribution >= 4 is 5.69 Å². The molecule has 0 spiro atoms. The zero-order valence-electron chi connectivity index (χ0n) is 12.7. The minimum Gasteiger partial charge on any atom is -0.375 e. The summed E-state index contributed by atoms with van der Waals surface area (Å²) < 4.78 is 0. The number of aryl methyl sites for hydroxylation is 1. The van der Waals surface area contributed by atoms with E-state index in [0.29, 0.717) is 0 Å². The Morgan fingerprint density at radius 2 is 2.16 bits per heavy atom. The van der Waals surface area contributed by atoms with Crippen LogP contribution in [0.5, 0.6) is 0 Å². The first-order chi connectivity index (χ1) is 9.20. The lowest BCUT2D eigenvalue weighted by atomic mass is 9.99. The molecule has 0 saturated heterocycles. The molecule has 1 saturated carbocycles. The highest BCUT2D eigenvalue weighted by atomic mass is 15.1. The molecule has 1 N–H and O–H groups in total. The standard InChI is InChI=1S/C17H28N2/c1-4-18-17-10-6-8-15(17)11-12-19(3)16-9-5-7-14(2)13-16/h5,7,9,13,15,17-18H,4,6,8,10-12H2,1-3H3. The van der Waals surface area contributed by atoms with Gasteiger partial charge in [-0.3, -0.25) is 0 Å². The highest BCUT2D eigenvalue weighted by Crippen LogP contribution is 2.29. The first kappa shape index (κ1) is 14.4. The summed E-state index contributed by atoms with van der Waals surface area (Å²) in [6, 6.07) is 9.56. The smallest absolute Gasteiger partial charge is 0.0366 e. The normalized spacial score (nSPS) is 22.7. The summed E-state index contributed by atoms with van der Waals surface area (Å²) in [5, 5.41) is 3.65. The molecule has 1 aromatic rings. The van der Waals surface area contributed by atoms with E-state index in [4.69, 9.17) is 0 Å². The molecule has 1 fully saturated rings. The van der Waals surface area contributed by atoms with Gasteiger partial charge < -0.3 is 10.2 Å². The number of hydrogen-bond acceptors (Lipinski definition) is 2. The largest absolute Gasteiger partial charge is 0.375 e. The summed E-state index contributed by atoms with van der Waals surface area (Å²) in [4.78, 5) is 2.40. The molecular formula is C17H28N2. The molecule has 0 aromatic heterocycles. The molecule has 2 nitrogen and oxygen atoms in total. The Kier molecular flexibility index (Phi) is 5.26. The fourth-order valence-electron chi connectivity index (χ4n) is 3.27. The molecule has 0 heterocycles. The third-order valence-corrected chi connectivity index (χ3v) is 4.40. The molecule has 2 unspecified atom stereocenters. The van der Waals surface area contributed by atoms with Gasteiger partial charge in [-0.15, -0.1) is 0 Å². The molecule has 1 aromatic carbocycles. The Morgan fingerprint density at radius 1 is 1.32 bits per heavy atom. The zero-order chi connectivity index (χ0) is 13.7. The van der Waals surface area contributed by atoms with E-state index >= 15 is 0 Å². The Labute approximate surface area is 118 Å². The van der Waals surface area contributed by atoms with Crippen molar-refractivity contribution in [1.82, 2.24) is 5.32 Å². The van der Waals surface area contributed by atoms with E-state index in [1.807, 2.05) is 0 Å². The van der Waals surface area contributed by atoms with Gasteiger partial charge in [-0.2, -0.15) is 0 Å². The molecule has 0 amide bonds. The maximum Gasteiger partial charge on any atom is 0.0366 e. The van der Waals surface area contributed by atoms with Crippen molar-refractivity contribution in [2.45, 2.75) is 45.6 Å². The van der Waals surface area contributed by atoms with E-state index in [9.17, 15) is 0 Å². The number of nitrogens with zero attached hydrogens (tertiary/aromatic N) is 1. The van der Waals surface area contributed by atoms with Crippen LogP contribution in [0.4, 0.5) is 5.69 Å². The summed E-state index contributed by atoms with van der Waals surface area (Å²) in [5.74, 6) is 0.868. The minimum atomic E-state index is 0.760. The van der Waals surface area contributed by atoms with Crippen LogP contribution in [0.2, 0.25) is 0 Å². The summed E-state index contributed by atoms with van der Waals surface area (Å²) in [5.41, 5.74) is 2.69. The lowest BCUT2D eigenvalue weighted by Gasteiger charge is -2.25. The van der Waals surface area contributed by atoms with Crippen molar-refractivity contribution in [1.29, 1.82) is 0 Å². The van der Waals surface area contributed by atoms with Gasteiger partial charge in [0.05, 0.1) is 0 Å². The maximum absolute atomic E-state index is 3.65. The second kappa shape index (κ2) is 6.95. The molecule has 1 aliphatic rings. The van der Waals surface area contributed by atoms with E-state index < -0.39 is 0 Å². The molecule has 106 valence electrons. The lowest BCUT2D eigenvalue weighted by Crippen LogP contribution is -2.34. The second-order valence-corrected chi connectivity index (χ2v) is 5.90. The highest BCUT2D eigenvalue weighted by Gasteiger charge is 2.26. The van der Waals surface area contributed by atoms with E-state index in [0.717, 1.165) is 25.0 Å². The van der Waals surface area contributed by atoms with Crippen molar-refractivity contribution in [3.8, 4) is 0 Å². The third-order valence-electron chi connectivity index (χ3n) is 4.40. The van der Waals surface area contributed by atoms with Gasteiger partial charge in [-0.1, -0.05) is 25.5 Å². The molecule has 2 atom stereocenters. The molecule has 0 aliphatic heterocycles. The topological polar surface area (TPSA) is 15.3 Å². The average Bonchev–Trinajstić information content (AvgIpc) is 2.84. The van der Waals surface area contributed by atoms with Crippen LogP contribution < -0.4 is 10.2 Å². The van der Waals surface area contributed by atoms with Gasteiger partial charge in [0.1, 0.15) is 0 Å². The van der Waals surface area contributed by atoms with Crippen LogP contribution in [0.1, 0.15) is 38.2 Å². The van der Waals surface area contributed by atoms with Gasteiger partial charge in [0.25, 0.3) is 0 Å². The van der Waals surface area contributed by atoms with Crippen molar-refractivity contribution in [3.63, 3.8) is 0 Å². The maximum atomic E-state index is 3.65. The molecule has 19 heavy (non-hydrogen) atoms. The van der Waals surface area contributed by atoms with E-state index in [-0.39, 0.29) is 0 Å². The molecular weight excluding hydrogens is 232 g/mol. The van der Waals surface area contributed by atoms with Gasteiger partial charge in [-0.05, 0) is 56.3 Å². The van der Waals surface area contributed by atoms with Crippen molar-refractivity contribution in [2.75, 3.05) is 25.0 Å². The summed E-state index contributed by atoms with van der Waals surface area (Å²) in [6.07, 6.45) is 5.48. The van der Waals surface area contributed by atoms with Gasteiger partial charge in [0.15, 0.2) is 0 Å². The van der Waals surface area contributed by atoms with Gasteiger partial charge in [0, 0.05) is 25.3 Å². The van der Waals surface area contributed by atoms with Crippen molar-refractivity contribution < 1.29 is 0 Å². The van der Waals surface area contributed by atoms with Crippen LogP contribution in [-0.2, 0) is 0 Å². The molecule has 0 radical (unpaired) electrons. The third kappa shape index (κ3) is 3.97. The average molecular weight is 260 g/mol. The van der Waals surface area contributed by atoms with E-state index in [1.165, 1.54) is 36.9 Å². The number of benzene rings is 1. The summed E-state index contributed by atoms with van der Waals surface area (Å²) >= 11 is 0. The molecule has 2 rings (SSSR count). The van der Waals surface area contributed by atoms with E-state index in [2.05, 4.69) is 55.4 Å². The highest BCUT2D eigenvalue weighted by molar-refractivity contribution is 5.47. The van der Waals surface area contributed by atoms with E-state index in [1.54, 1.807) is 0 Å². The first-order valence-corrected chi connectivity index (χ1v) is 7.72. The first-order valence-electron chi connectivity index (χ1n) is 7.72. The quantitative estimate of drug-likeness (QED) is 0.840. The predicted octanol–water partition coefficient (Wildman–Crippen LogP) is 3.60. The van der Waals surface area contributed by atoms with Crippen LogP contribution in [0.15, 0.2) is 24.3 Å². The Balaban J connectivity index is 1.84.